The van der Waals surface area contributed by atoms with Crippen LogP contribution in [0, 0.1) is 12.8 Å². The first-order valence-corrected chi connectivity index (χ1v) is 7.72. The molecule has 0 bridgehead atoms. The van der Waals surface area contributed by atoms with E-state index in [0.717, 1.165) is 18.4 Å². The van der Waals surface area contributed by atoms with Crippen molar-refractivity contribution >= 4 is 10.0 Å². The maximum Gasteiger partial charge on any atom is 0.243 e. The van der Waals surface area contributed by atoms with Crippen LogP contribution < -0.4 is 5.73 Å². The van der Waals surface area contributed by atoms with Gasteiger partial charge in [-0.15, -0.1) is 0 Å². The van der Waals surface area contributed by atoms with Crippen molar-refractivity contribution < 1.29 is 8.42 Å². The van der Waals surface area contributed by atoms with Gasteiger partial charge < -0.3 is 5.73 Å². The number of rotatable bonds is 3. The highest BCUT2D eigenvalue weighted by Crippen LogP contribution is 2.44. The van der Waals surface area contributed by atoms with Gasteiger partial charge in [0.25, 0.3) is 0 Å². The average molecular weight is 266 g/mol. The summed E-state index contributed by atoms with van der Waals surface area (Å²) >= 11 is 0. The summed E-state index contributed by atoms with van der Waals surface area (Å²) in [5, 5.41) is 0. The summed E-state index contributed by atoms with van der Waals surface area (Å²) in [4.78, 5) is 0.405. The standard InChI is InChI=1S/C13H18N2O2S/c1-10-4-2-3-5-12(10)18(16,17)15-8-13(14,9-15)11-6-7-11/h2-5,11H,6-9,14H2,1H3. The fourth-order valence-corrected chi connectivity index (χ4v) is 4.51. The zero-order valence-corrected chi connectivity index (χ0v) is 11.3. The SMILES string of the molecule is Cc1ccccc1S(=O)(=O)N1CC(N)(C2CC2)C1. The van der Waals surface area contributed by atoms with Crippen LogP contribution in [0.4, 0.5) is 0 Å². The van der Waals surface area contributed by atoms with Gasteiger partial charge >= 0.3 is 0 Å². The topological polar surface area (TPSA) is 63.4 Å². The molecule has 0 amide bonds. The maximum absolute atomic E-state index is 12.4. The molecule has 0 spiro atoms. The Morgan fingerprint density at radius 3 is 2.44 bits per heavy atom. The molecule has 1 aliphatic carbocycles. The largest absolute Gasteiger partial charge is 0.323 e. The lowest BCUT2D eigenvalue weighted by Crippen LogP contribution is -2.69. The highest BCUT2D eigenvalue weighted by Gasteiger charge is 2.53. The molecule has 2 aliphatic rings. The molecular formula is C13H18N2O2S. The fourth-order valence-electron chi connectivity index (χ4n) is 2.68. The third-order valence-electron chi connectivity index (χ3n) is 4.04. The van der Waals surface area contributed by atoms with Gasteiger partial charge in [0.1, 0.15) is 0 Å². The molecule has 18 heavy (non-hydrogen) atoms. The minimum atomic E-state index is -3.36. The molecule has 5 heteroatoms. The summed E-state index contributed by atoms with van der Waals surface area (Å²) in [6.07, 6.45) is 2.30. The van der Waals surface area contributed by atoms with Crippen LogP contribution in [-0.4, -0.2) is 31.4 Å². The van der Waals surface area contributed by atoms with Gasteiger partial charge in [0, 0.05) is 18.6 Å². The van der Waals surface area contributed by atoms with E-state index >= 15 is 0 Å². The molecule has 1 saturated heterocycles. The highest BCUT2D eigenvalue weighted by atomic mass is 32.2. The summed E-state index contributed by atoms with van der Waals surface area (Å²) < 4.78 is 26.4. The Labute approximate surface area is 108 Å². The number of hydrogen-bond donors (Lipinski definition) is 1. The Morgan fingerprint density at radius 2 is 1.89 bits per heavy atom. The van der Waals surface area contributed by atoms with Crippen LogP contribution in [0.25, 0.3) is 0 Å². The van der Waals surface area contributed by atoms with E-state index in [9.17, 15) is 8.42 Å². The fraction of sp³-hybridized carbons (Fsp3) is 0.538. The molecular weight excluding hydrogens is 248 g/mol. The Balaban J connectivity index is 1.83. The predicted octanol–water partition coefficient (Wildman–Crippen LogP) is 1.11. The monoisotopic (exact) mass is 266 g/mol. The van der Waals surface area contributed by atoms with Gasteiger partial charge in [0.05, 0.1) is 4.90 Å². The van der Waals surface area contributed by atoms with E-state index in [1.807, 2.05) is 19.1 Å². The lowest BCUT2D eigenvalue weighted by molar-refractivity contribution is 0.135. The first kappa shape index (κ1) is 12.1. The normalized spacial score (nSPS) is 23.7. The van der Waals surface area contributed by atoms with Crippen LogP contribution in [0.1, 0.15) is 18.4 Å². The Morgan fingerprint density at radius 1 is 1.28 bits per heavy atom. The van der Waals surface area contributed by atoms with Gasteiger partial charge in [-0.1, -0.05) is 18.2 Å². The van der Waals surface area contributed by atoms with Gasteiger partial charge in [0.2, 0.25) is 10.0 Å². The molecule has 1 aliphatic heterocycles. The van der Waals surface area contributed by atoms with Crippen molar-refractivity contribution in [2.45, 2.75) is 30.2 Å². The molecule has 1 aromatic carbocycles. The smallest absolute Gasteiger partial charge is 0.243 e. The zero-order valence-electron chi connectivity index (χ0n) is 10.5. The predicted molar refractivity (Wildman–Crippen MR) is 69.6 cm³/mol. The number of benzene rings is 1. The lowest BCUT2D eigenvalue weighted by Gasteiger charge is -2.47. The Hall–Kier alpha value is -0.910. The molecule has 0 aromatic heterocycles. The van der Waals surface area contributed by atoms with E-state index in [4.69, 9.17) is 5.73 Å². The number of aryl methyl sites for hydroxylation is 1. The molecule has 98 valence electrons. The van der Waals surface area contributed by atoms with Gasteiger partial charge in [-0.2, -0.15) is 4.31 Å². The first-order chi connectivity index (χ1) is 8.43. The van der Waals surface area contributed by atoms with E-state index in [-0.39, 0.29) is 5.54 Å². The zero-order chi connectivity index (χ0) is 13.0. The van der Waals surface area contributed by atoms with Crippen LogP contribution in [0.2, 0.25) is 0 Å². The van der Waals surface area contributed by atoms with Crippen molar-refractivity contribution in [3.8, 4) is 0 Å². The summed E-state index contributed by atoms with van der Waals surface area (Å²) in [5.74, 6) is 0.529. The van der Waals surface area contributed by atoms with Crippen molar-refractivity contribution in [2.24, 2.45) is 11.7 Å². The lowest BCUT2D eigenvalue weighted by atomic mass is 9.88. The minimum absolute atomic E-state index is 0.268. The first-order valence-electron chi connectivity index (χ1n) is 6.28. The molecule has 0 radical (unpaired) electrons. The molecule has 1 heterocycles. The summed E-state index contributed by atoms with van der Waals surface area (Å²) in [7, 11) is -3.36. The minimum Gasteiger partial charge on any atom is -0.323 e. The quantitative estimate of drug-likeness (QED) is 0.891. The molecule has 3 rings (SSSR count). The molecule has 2 N–H and O–H groups in total. The summed E-state index contributed by atoms with van der Waals surface area (Å²) in [6.45, 7) is 2.76. The third-order valence-corrected chi connectivity index (χ3v) is 6.00. The Kier molecular flexibility index (Phi) is 2.56. The summed E-state index contributed by atoms with van der Waals surface area (Å²) in [6, 6.07) is 7.10. The van der Waals surface area contributed by atoms with Crippen LogP contribution in [0.15, 0.2) is 29.2 Å². The molecule has 4 nitrogen and oxygen atoms in total. The van der Waals surface area contributed by atoms with Gasteiger partial charge in [0.15, 0.2) is 0 Å². The van der Waals surface area contributed by atoms with Crippen LogP contribution >= 0.6 is 0 Å². The number of nitrogens with two attached hydrogens (primary N) is 1. The molecule has 2 fully saturated rings. The molecule has 0 atom stereocenters. The van der Waals surface area contributed by atoms with Gasteiger partial charge in [-0.25, -0.2) is 8.42 Å². The number of nitrogens with zero attached hydrogens (tertiary/aromatic N) is 1. The van der Waals surface area contributed by atoms with Crippen molar-refractivity contribution in [3.63, 3.8) is 0 Å². The molecule has 1 aromatic rings. The molecule has 0 unspecified atom stereocenters. The van der Waals surface area contributed by atoms with Crippen LogP contribution in [-0.2, 0) is 10.0 Å². The van der Waals surface area contributed by atoms with Gasteiger partial charge in [-0.3, -0.25) is 0 Å². The van der Waals surface area contributed by atoms with E-state index in [1.54, 1.807) is 12.1 Å². The highest BCUT2D eigenvalue weighted by molar-refractivity contribution is 7.89. The second kappa shape index (κ2) is 3.79. The van der Waals surface area contributed by atoms with Crippen molar-refractivity contribution in [1.82, 2.24) is 4.31 Å². The Bertz CT molecular complexity index is 572. The summed E-state index contributed by atoms with van der Waals surface area (Å²) in [5.41, 5.74) is 6.73. The van der Waals surface area contributed by atoms with Crippen molar-refractivity contribution in [1.29, 1.82) is 0 Å². The van der Waals surface area contributed by atoms with E-state index in [0.29, 0.717) is 23.9 Å². The molecule has 1 saturated carbocycles. The van der Waals surface area contributed by atoms with Crippen molar-refractivity contribution in [3.05, 3.63) is 29.8 Å². The number of sulfonamides is 1. The van der Waals surface area contributed by atoms with Crippen LogP contribution in [0.5, 0.6) is 0 Å². The second-order valence-electron chi connectivity index (χ2n) is 5.55. The van der Waals surface area contributed by atoms with E-state index in [1.165, 1.54) is 4.31 Å². The van der Waals surface area contributed by atoms with E-state index < -0.39 is 10.0 Å². The second-order valence-corrected chi connectivity index (χ2v) is 7.45. The van der Waals surface area contributed by atoms with Gasteiger partial charge in [-0.05, 0) is 37.3 Å². The maximum atomic E-state index is 12.4. The number of hydrogen-bond acceptors (Lipinski definition) is 3. The third kappa shape index (κ3) is 1.77. The van der Waals surface area contributed by atoms with Crippen molar-refractivity contribution in [2.75, 3.05) is 13.1 Å². The van der Waals surface area contributed by atoms with E-state index in [2.05, 4.69) is 0 Å². The average Bonchev–Trinajstić information content (AvgIpc) is 3.09. The van der Waals surface area contributed by atoms with Crippen LogP contribution in [0.3, 0.4) is 0 Å².